The molecule has 1 atom stereocenters. The van der Waals surface area contributed by atoms with Gasteiger partial charge in [-0.25, -0.2) is 0 Å². The largest absolute Gasteiger partial charge is 0.491 e. The molecule has 0 radical (unpaired) electrons. The van der Waals surface area contributed by atoms with Crippen molar-refractivity contribution >= 4 is 0 Å². The van der Waals surface area contributed by atoms with Crippen LogP contribution in [0.3, 0.4) is 0 Å². The zero-order chi connectivity index (χ0) is 12.2. The van der Waals surface area contributed by atoms with Crippen molar-refractivity contribution in [3.05, 3.63) is 48.2 Å². The lowest BCUT2D eigenvalue weighted by Gasteiger charge is -2.26. The van der Waals surface area contributed by atoms with Crippen molar-refractivity contribution in [3.8, 4) is 0 Å². The lowest BCUT2D eigenvalue weighted by atomic mass is 10.1. The number of hydrogen-bond acceptors (Lipinski definition) is 2. The van der Waals surface area contributed by atoms with Crippen LogP contribution < -0.4 is 5.73 Å². The average Bonchev–Trinajstić information content (AvgIpc) is 2.16. The van der Waals surface area contributed by atoms with Gasteiger partial charge in [0.05, 0.1) is 6.04 Å². The van der Waals surface area contributed by atoms with Crippen molar-refractivity contribution in [3.63, 3.8) is 0 Å². The van der Waals surface area contributed by atoms with Crippen molar-refractivity contribution in [1.82, 2.24) is 0 Å². The molecule has 2 heteroatoms. The summed E-state index contributed by atoms with van der Waals surface area (Å²) >= 11 is 0. The van der Waals surface area contributed by atoms with E-state index in [2.05, 4.69) is 18.7 Å². The first-order valence-corrected chi connectivity index (χ1v) is 5.56. The van der Waals surface area contributed by atoms with Gasteiger partial charge < -0.3 is 10.5 Å². The van der Waals surface area contributed by atoms with E-state index in [0.29, 0.717) is 5.76 Å². The van der Waals surface area contributed by atoms with Gasteiger partial charge in [0, 0.05) is 0 Å². The maximum Gasteiger partial charge on any atom is 0.107 e. The van der Waals surface area contributed by atoms with E-state index in [9.17, 15) is 0 Å². The first-order chi connectivity index (χ1) is 7.38. The van der Waals surface area contributed by atoms with Crippen LogP contribution in [0, 0.1) is 0 Å². The van der Waals surface area contributed by atoms with E-state index >= 15 is 0 Å². The molecule has 0 spiro atoms. The molecule has 1 aromatic carbocycles. The van der Waals surface area contributed by atoms with Crippen molar-refractivity contribution in [2.75, 3.05) is 0 Å². The summed E-state index contributed by atoms with van der Waals surface area (Å²) in [6, 6.07) is 9.98. The van der Waals surface area contributed by atoms with Gasteiger partial charge in [-0.1, -0.05) is 36.9 Å². The van der Waals surface area contributed by atoms with Crippen molar-refractivity contribution in [1.29, 1.82) is 0 Å². The van der Waals surface area contributed by atoms with Crippen LogP contribution in [0.1, 0.15) is 26.3 Å². The maximum absolute atomic E-state index is 6.03. The van der Waals surface area contributed by atoms with Crippen molar-refractivity contribution in [2.45, 2.75) is 38.8 Å². The number of rotatable bonds is 4. The molecule has 0 fully saturated rings. The topological polar surface area (TPSA) is 35.2 Å². The van der Waals surface area contributed by atoms with Crippen molar-refractivity contribution in [2.24, 2.45) is 5.73 Å². The third-order valence-corrected chi connectivity index (χ3v) is 2.15. The van der Waals surface area contributed by atoms with Gasteiger partial charge in [-0.05, 0) is 32.8 Å². The van der Waals surface area contributed by atoms with E-state index in [4.69, 9.17) is 10.5 Å². The zero-order valence-electron chi connectivity index (χ0n) is 10.4. The monoisotopic (exact) mass is 219 g/mol. The summed E-state index contributed by atoms with van der Waals surface area (Å²) in [6.45, 7) is 9.87. The van der Waals surface area contributed by atoms with Crippen LogP contribution in [-0.2, 0) is 11.2 Å². The molecule has 0 amide bonds. The summed E-state index contributed by atoms with van der Waals surface area (Å²) in [5, 5.41) is 0. The van der Waals surface area contributed by atoms with E-state index in [0.717, 1.165) is 6.42 Å². The van der Waals surface area contributed by atoms with Gasteiger partial charge in [0.1, 0.15) is 11.4 Å². The fraction of sp³-hybridized carbons (Fsp3) is 0.429. The standard InChI is InChI=1S/C14H21NO/c1-11(16-14(2,3)4)13(15)10-12-8-6-5-7-9-12/h5-9,13H,1,10,15H2,2-4H3. The Kier molecular flexibility index (Phi) is 4.13. The smallest absolute Gasteiger partial charge is 0.107 e. The van der Waals surface area contributed by atoms with Crippen LogP contribution >= 0.6 is 0 Å². The fourth-order valence-corrected chi connectivity index (χ4v) is 1.45. The Labute approximate surface area is 98.1 Å². The first-order valence-electron chi connectivity index (χ1n) is 5.56. The Bertz CT molecular complexity index is 338. The third kappa shape index (κ3) is 4.49. The van der Waals surface area contributed by atoms with Gasteiger partial charge in [0.15, 0.2) is 0 Å². The summed E-state index contributed by atoms with van der Waals surface area (Å²) in [6.07, 6.45) is 0.760. The minimum atomic E-state index is -0.231. The molecule has 16 heavy (non-hydrogen) atoms. The number of benzene rings is 1. The van der Waals surface area contributed by atoms with Crippen LogP contribution in [0.25, 0.3) is 0 Å². The lowest BCUT2D eigenvalue weighted by Crippen LogP contribution is -2.31. The normalized spacial score (nSPS) is 13.2. The summed E-state index contributed by atoms with van der Waals surface area (Å²) < 4.78 is 5.65. The second-order valence-electron chi connectivity index (χ2n) is 4.98. The molecule has 1 aromatic rings. The summed E-state index contributed by atoms with van der Waals surface area (Å²) in [5.74, 6) is 0.649. The Morgan fingerprint density at radius 3 is 2.38 bits per heavy atom. The Morgan fingerprint density at radius 1 is 1.31 bits per heavy atom. The van der Waals surface area contributed by atoms with Gasteiger partial charge in [-0.3, -0.25) is 0 Å². The highest BCUT2D eigenvalue weighted by atomic mass is 16.5. The van der Waals surface area contributed by atoms with Gasteiger partial charge in [-0.15, -0.1) is 0 Å². The molecule has 0 heterocycles. The summed E-state index contributed by atoms with van der Waals surface area (Å²) in [4.78, 5) is 0. The van der Waals surface area contributed by atoms with Crippen molar-refractivity contribution < 1.29 is 4.74 Å². The molecule has 0 aliphatic carbocycles. The van der Waals surface area contributed by atoms with Crippen LogP contribution in [-0.4, -0.2) is 11.6 Å². The van der Waals surface area contributed by atoms with Gasteiger partial charge >= 0.3 is 0 Å². The molecule has 1 unspecified atom stereocenters. The highest BCUT2D eigenvalue weighted by molar-refractivity contribution is 5.18. The van der Waals surface area contributed by atoms with E-state index in [1.54, 1.807) is 0 Å². The van der Waals surface area contributed by atoms with Gasteiger partial charge in [-0.2, -0.15) is 0 Å². The highest BCUT2D eigenvalue weighted by Gasteiger charge is 2.17. The molecule has 0 aromatic heterocycles. The number of hydrogen-bond donors (Lipinski definition) is 1. The highest BCUT2D eigenvalue weighted by Crippen LogP contribution is 2.16. The van der Waals surface area contributed by atoms with E-state index in [-0.39, 0.29) is 11.6 Å². The van der Waals surface area contributed by atoms with Crippen LogP contribution in [0.15, 0.2) is 42.7 Å². The predicted molar refractivity (Wildman–Crippen MR) is 68.1 cm³/mol. The molecule has 0 aliphatic rings. The third-order valence-electron chi connectivity index (χ3n) is 2.15. The molecule has 0 bridgehead atoms. The lowest BCUT2D eigenvalue weighted by molar-refractivity contribution is 0.0435. The quantitative estimate of drug-likeness (QED) is 0.790. The van der Waals surface area contributed by atoms with Crippen LogP contribution in [0.2, 0.25) is 0 Å². The fourth-order valence-electron chi connectivity index (χ4n) is 1.45. The summed E-state index contributed by atoms with van der Waals surface area (Å²) in [7, 11) is 0. The molecule has 2 nitrogen and oxygen atoms in total. The molecular formula is C14H21NO. The Hall–Kier alpha value is -1.28. The SMILES string of the molecule is C=C(OC(C)(C)C)C(N)Cc1ccccc1. The number of nitrogens with two attached hydrogens (primary N) is 1. The zero-order valence-corrected chi connectivity index (χ0v) is 10.4. The van der Waals surface area contributed by atoms with Gasteiger partial charge in [0.2, 0.25) is 0 Å². The molecule has 0 aliphatic heterocycles. The van der Waals surface area contributed by atoms with Crippen LogP contribution in [0.5, 0.6) is 0 Å². The second-order valence-corrected chi connectivity index (χ2v) is 4.98. The minimum Gasteiger partial charge on any atom is -0.491 e. The predicted octanol–water partition coefficient (Wildman–Crippen LogP) is 2.89. The first kappa shape index (κ1) is 12.8. The van der Waals surface area contributed by atoms with E-state index < -0.39 is 0 Å². The molecular weight excluding hydrogens is 198 g/mol. The van der Waals surface area contributed by atoms with Gasteiger partial charge in [0.25, 0.3) is 0 Å². The Morgan fingerprint density at radius 2 is 1.88 bits per heavy atom. The summed E-state index contributed by atoms with van der Waals surface area (Å²) in [5.41, 5.74) is 7.00. The molecule has 1 rings (SSSR count). The maximum atomic E-state index is 6.03. The molecule has 0 saturated carbocycles. The second kappa shape index (κ2) is 5.17. The van der Waals surface area contributed by atoms with E-state index in [1.807, 2.05) is 39.0 Å². The molecule has 88 valence electrons. The number of ether oxygens (including phenoxy) is 1. The van der Waals surface area contributed by atoms with Crippen LogP contribution in [0.4, 0.5) is 0 Å². The van der Waals surface area contributed by atoms with E-state index in [1.165, 1.54) is 5.56 Å². The molecule has 0 saturated heterocycles. The minimum absolute atomic E-state index is 0.151. The Balaban J connectivity index is 2.53. The average molecular weight is 219 g/mol. The molecule has 2 N–H and O–H groups in total.